The van der Waals surface area contributed by atoms with Crippen LogP contribution < -0.4 is 11.1 Å². The van der Waals surface area contributed by atoms with E-state index in [4.69, 9.17) is 33.9 Å². The number of halogens is 3. The third-order valence-corrected chi connectivity index (χ3v) is 5.99. The van der Waals surface area contributed by atoms with Crippen molar-refractivity contribution in [1.29, 1.82) is 0 Å². The lowest BCUT2D eigenvalue weighted by molar-refractivity contribution is 0.628. The Morgan fingerprint density at radius 1 is 0.912 bits per heavy atom. The highest BCUT2D eigenvalue weighted by Gasteiger charge is 2.20. The van der Waals surface area contributed by atoms with Gasteiger partial charge >= 0.3 is 0 Å². The number of benzene rings is 3. The summed E-state index contributed by atoms with van der Waals surface area (Å²) in [7, 11) is 0. The van der Waals surface area contributed by atoms with Gasteiger partial charge in [-0.05, 0) is 42.3 Å². The van der Waals surface area contributed by atoms with Crippen molar-refractivity contribution in [2.45, 2.75) is 6.42 Å². The molecule has 0 spiro atoms. The zero-order valence-corrected chi connectivity index (χ0v) is 19.4. The summed E-state index contributed by atoms with van der Waals surface area (Å²) in [6.45, 7) is 0.611. The minimum absolute atomic E-state index is 0.0140. The lowest BCUT2D eigenvalue weighted by Gasteiger charge is -2.09. The summed E-state index contributed by atoms with van der Waals surface area (Å²) >= 11 is 12.5. The van der Waals surface area contributed by atoms with Crippen molar-refractivity contribution in [1.82, 2.24) is 19.7 Å². The van der Waals surface area contributed by atoms with Gasteiger partial charge in [-0.25, -0.2) is 14.1 Å². The fourth-order valence-corrected chi connectivity index (χ4v) is 4.11. The Morgan fingerprint density at radius 3 is 2.44 bits per heavy atom. The van der Waals surface area contributed by atoms with E-state index in [1.165, 1.54) is 22.4 Å². The van der Waals surface area contributed by atoms with Crippen LogP contribution in [0.25, 0.3) is 28.0 Å². The van der Waals surface area contributed by atoms with E-state index in [2.05, 4.69) is 27.5 Å². The summed E-state index contributed by atoms with van der Waals surface area (Å²) < 4.78 is 15.4. The summed E-state index contributed by atoms with van der Waals surface area (Å²) in [5.41, 5.74) is 9.77. The van der Waals surface area contributed by atoms with Gasteiger partial charge in [0.05, 0.1) is 26.8 Å². The van der Waals surface area contributed by atoms with Crippen LogP contribution in [0.5, 0.6) is 0 Å². The molecular weight excluding hydrogens is 474 g/mol. The molecule has 0 radical (unpaired) electrons. The van der Waals surface area contributed by atoms with E-state index in [1.54, 1.807) is 12.1 Å². The molecule has 34 heavy (non-hydrogen) atoms. The molecule has 0 saturated heterocycles. The molecule has 3 aromatic carbocycles. The van der Waals surface area contributed by atoms with Gasteiger partial charge in [0, 0.05) is 12.1 Å². The van der Waals surface area contributed by atoms with Crippen LogP contribution in [0.3, 0.4) is 0 Å². The van der Waals surface area contributed by atoms with E-state index in [0.717, 1.165) is 6.42 Å². The Kier molecular flexibility index (Phi) is 6.04. The molecule has 0 bridgehead atoms. The Balaban J connectivity index is 1.61. The predicted molar refractivity (Wildman–Crippen MR) is 135 cm³/mol. The fraction of sp³-hybridized carbons (Fsp3) is 0.0800. The molecule has 0 aliphatic rings. The highest BCUT2D eigenvalue weighted by molar-refractivity contribution is 6.32. The number of nitrogens with one attached hydrogen (secondary N) is 1. The van der Waals surface area contributed by atoms with Crippen molar-refractivity contribution in [2.24, 2.45) is 0 Å². The Hall–Kier alpha value is -3.68. The van der Waals surface area contributed by atoms with Crippen LogP contribution in [-0.2, 0) is 6.42 Å². The molecule has 0 saturated carbocycles. The van der Waals surface area contributed by atoms with Crippen LogP contribution in [0.1, 0.15) is 5.56 Å². The zero-order valence-electron chi connectivity index (χ0n) is 17.8. The van der Waals surface area contributed by atoms with Gasteiger partial charge in [-0.1, -0.05) is 65.7 Å². The van der Waals surface area contributed by atoms with E-state index < -0.39 is 5.82 Å². The molecule has 2 heterocycles. The molecule has 0 fully saturated rings. The van der Waals surface area contributed by atoms with Gasteiger partial charge in [0.15, 0.2) is 5.65 Å². The Morgan fingerprint density at radius 2 is 1.68 bits per heavy atom. The number of rotatable bonds is 6. The molecule has 170 valence electrons. The third-order valence-electron chi connectivity index (χ3n) is 5.38. The van der Waals surface area contributed by atoms with E-state index in [-0.39, 0.29) is 5.02 Å². The van der Waals surface area contributed by atoms with Crippen LogP contribution >= 0.6 is 23.2 Å². The Labute approximate surface area is 205 Å². The molecule has 9 heteroatoms. The maximum Gasteiger partial charge on any atom is 0.225 e. The molecule has 3 N–H and O–H groups in total. The normalized spacial score (nSPS) is 11.1. The van der Waals surface area contributed by atoms with Crippen molar-refractivity contribution in [3.8, 4) is 16.9 Å². The van der Waals surface area contributed by atoms with Crippen LogP contribution in [0.15, 0.2) is 72.8 Å². The van der Waals surface area contributed by atoms with Crippen molar-refractivity contribution >= 4 is 46.0 Å². The van der Waals surface area contributed by atoms with Gasteiger partial charge in [0.2, 0.25) is 5.95 Å². The van der Waals surface area contributed by atoms with E-state index in [9.17, 15) is 4.39 Å². The van der Waals surface area contributed by atoms with Crippen molar-refractivity contribution in [3.05, 3.63) is 94.2 Å². The predicted octanol–water partition coefficient (Wildman–Crippen LogP) is 6.17. The molecule has 6 nitrogen and oxygen atoms in total. The summed E-state index contributed by atoms with van der Waals surface area (Å²) in [5, 5.41) is 8.86. The molecule has 0 aliphatic carbocycles. The first kappa shape index (κ1) is 22.1. The van der Waals surface area contributed by atoms with E-state index >= 15 is 0 Å². The van der Waals surface area contributed by atoms with Crippen LogP contribution in [0.4, 0.5) is 16.2 Å². The first-order chi connectivity index (χ1) is 16.5. The lowest BCUT2D eigenvalue weighted by Crippen LogP contribution is -2.08. The number of nitrogens with two attached hydrogens (primary N) is 1. The van der Waals surface area contributed by atoms with E-state index in [0.29, 0.717) is 51.3 Å². The summed E-state index contributed by atoms with van der Waals surface area (Å²) in [4.78, 5) is 9.28. The summed E-state index contributed by atoms with van der Waals surface area (Å²) in [6.07, 6.45) is 0.788. The number of nitrogens with zero attached hydrogens (tertiary/aromatic N) is 4. The van der Waals surface area contributed by atoms with Crippen LogP contribution in [0.2, 0.25) is 10.0 Å². The first-order valence-electron chi connectivity index (χ1n) is 10.6. The van der Waals surface area contributed by atoms with Crippen LogP contribution in [-0.4, -0.2) is 26.3 Å². The highest BCUT2D eigenvalue weighted by atomic mass is 35.5. The molecule has 0 aliphatic heterocycles. The molecule has 2 aromatic heterocycles. The summed E-state index contributed by atoms with van der Waals surface area (Å²) in [5.74, 6) is 0.175. The Bertz CT molecular complexity index is 1490. The number of aromatic nitrogens is 4. The number of hydrogen-bond acceptors (Lipinski definition) is 5. The topological polar surface area (TPSA) is 81.7 Å². The second kappa shape index (κ2) is 9.29. The highest BCUT2D eigenvalue weighted by Crippen LogP contribution is 2.35. The molecular formula is C25H19Cl2FN6. The average Bonchev–Trinajstić information content (AvgIpc) is 3.17. The van der Waals surface area contributed by atoms with Gasteiger partial charge in [0.25, 0.3) is 0 Å². The SMILES string of the molecule is Nc1c2c(-c3ccc(F)c(Cl)c3)nc(NCCc3ccccc3)nc2nn1-c1ccccc1Cl. The lowest BCUT2D eigenvalue weighted by atomic mass is 10.1. The van der Waals surface area contributed by atoms with Gasteiger partial charge in [-0.2, -0.15) is 4.98 Å². The minimum atomic E-state index is -0.517. The maximum absolute atomic E-state index is 13.9. The number of para-hydroxylation sites is 1. The van der Waals surface area contributed by atoms with Crippen molar-refractivity contribution in [3.63, 3.8) is 0 Å². The van der Waals surface area contributed by atoms with Gasteiger partial charge in [0.1, 0.15) is 11.6 Å². The van der Waals surface area contributed by atoms with Crippen molar-refractivity contribution < 1.29 is 4.39 Å². The second-order valence-corrected chi connectivity index (χ2v) is 8.45. The van der Waals surface area contributed by atoms with Gasteiger partial charge < -0.3 is 11.1 Å². The molecule has 0 unspecified atom stereocenters. The quantitative estimate of drug-likeness (QED) is 0.296. The second-order valence-electron chi connectivity index (χ2n) is 7.63. The molecule has 5 rings (SSSR count). The van der Waals surface area contributed by atoms with Crippen LogP contribution in [0, 0.1) is 5.82 Å². The number of fused-ring (bicyclic) bond motifs is 1. The minimum Gasteiger partial charge on any atom is -0.383 e. The third kappa shape index (κ3) is 4.27. The molecule has 5 aromatic rings. The maximum atomic E-state index is 13.9. The zero-order chi connectivity index (χ0) is 23.7. The fourth-order valence-electron chi connectivity index (χ4n) is 3.71. The average molecular weight is 493 g/mol. The number of hydrogen-bond donors (Lipinski definition) is 2. The monoisotopic (exact) mass is 492 g/mol. The van der Waals surface area contributed by atoms with Crippen molar-refractivity contribution in [2.75, 3.05) is 17.6 Å². The number of anilines is 2. The summed E-state index contributed by atoms with van der Waals surface area (Å²) in [6, 6.07) is 21.7. The molecule has 0 amide bonds. The largest absolute Gasteiger partial charge is 0.383 e. The smallest absolute Gasteiger partial charge is 0.225 e. The standard InChI is InChI=1S/C25H19Cl2FN6/c26-17-8-4-5-9-20(17)34-23(29)21-22(16-10-11-19(28)18(27)14-16)31-25(32-24(21)33-34)30-13-12-15-6-2-1-3-7-15/h1-11,14H,12-13,29H2,(H,30,32,33). The first-order valence-corrected chi connectivity index (χ1v) is 11.3. The molecule has 0 atom stereocenters. The van der Waals surface area contributed by atoms with Gasteiger partial charge in [-0.15, -0.1) is 5.10 Å². The van der Waals surface area contributed by atoms with E-state index in [1.807, 2.05) is 36.4 Å². The number of nitrogen functional groups attached to an aromatic ring is 1. The van der Waals surface area contributed by atoms with Gasteiger partial charge in [-0.3, -0.25) is 0 Å².